The van der Waals surface area contributed by atoms with E-state index < -0.39 is 19.7 Å². The summed E-state index contributed by atoms with van der Waals surface area (Å²) in [4.78, 5) is 27.5. The van der Waals surface area contributed by atoms with Gasteiger partial charge in [-0.25, -0.2) is 0 Å². The van der Waals surface area contributed by atoms with E-state index in [9.17, 15) is 9.36 Å². The number of carboxylic acid groups (broad SMARTS) is 1. The van der Waals surface area contributed by atoms with Crippen molar-refractivity contribution in [3.05, 3.63) is 0 Å². The average molecular weight is 236 g/mol. The number of hydrazone groups is 2. The van der Waals surface area contributed by atoms with E-state index in [-0.39, 0.29) is 18.1 Å². The van der Waals surface area contributed by atoms with Crippen molar-refractivity contribution >= 4 is 25.2 Å². The maximum atomic E-state index is 10.6. The van der Waals surface area contributed by atoms with Gasteiger partial charge in [0.2, 0.25) is 0 Å². The first-order chi connectivity index (χ1) is 6.87. The van der Waals surface area contributed by atoms with Gasteiger partial charge in [-0.15, -0.1) is 0 Å². The highest BCUT2D eigenvalue weighted by Crippen LogP contribution is 2.33. The van der Waals surface area contributed by atoms with Crippen LogP contribution in [0.2, 0.25) is 0 Å². The van der Waals surface area contributed by atoms with Crippen LogP contribution in [0.15, 0.2) is 10.2 Å². The molecule has 84 valence electrons. The largest absolute Gasteiger partial charge is 0.481 e. The fraction of sp³-hybridized carbons (Fsp3) is 0.400. The highest BCUT2D eigenvalue weighted by Gasteiger charge is 2.19. The van der Waals surface area contributed by atoms with Gasteiger partial charge in [-0.2, -0.15) is 10.2 Å². The van der Waals surface area contributed by atoms with E-state index in [1.807, 2.05) is 0 Å². The monoisotopic (exact) mass is 236 g/mol. The molecule has 0 spiro atoms. The van der Waals surface area contributed by atoms with E-state index in [0.717, 1.165) is 0 Å². The molecule has 1 aliphatic heterocycles. The molecule has 0 unspecified atom stereocenters. The second-order valence-electron chi connectivity index (χ2n) is 2.73. The van der Waals surface area contributed by atoms with E-state index >= 15 is 0 Å². The molecule has 0 aromatic carbocycles. The van der Waals surface area contributed by atoms with Crippen molar-refractivity contribution in [3.63, 3.8) is 0 Å². The van der Waals surface area contributed by atoms with Crippen LogP contribution in [0.1, 0.15) is 6.42 Å². The Morgan fingerprint density at radius 1 is 1.27 bits per heavy atom. The van der Waals surface area contributed by atoms with Gasteiger partial charge in [-0.3, -0.25) is 20.2 Å². The molecule has 1 aliphatic rings. The second kappa shape index (κ2) is 4.39. The maximum absolute atomic E-state index is 10.6. The zero-order chi connectivity index (χ0) is 11.5. The number of nitrogens with zero attached hydrogens (tertiary/aromatic N) is 2. The van der Waals surface area contributed by atoms with Gasteiger partial charge in [0.15, 0.2) is 11.7 Å². The van der Waals surface area contributed by atoms with Gasteiger partial charge in [-0.1, -0.05) is 0 Å². The average Bonchev–Trinajstić information content (AvgIpc) is 2.05. The van der Waals surface area contributed by atoms with Gasteiger partial charge in [0.05, 0.1) is 0 Å². The first kappa shape index (κ1) is 11.6. The van der Waals surface area contributed by atoms with Gasteiger partial charge >= 0.3 is 13.6 Å². The summed E-state index contributed by atoms with van der Waals surface area (Å²) in [7, 11) is -4.20. The minimum Gasteiger partial charge on any atom is -0.481 e. The fourth-order valence-electron chi connectivity index (χ4n) is 0.802. The van der Waals surface area contributed by atoms with Crippen LogP contribution >= 0.6 is 7.60 Å². The van der Waals surface area contributed by atoms with Crippen molar-refractivity contribution in [2.45, 2.75) is 6.42 Å². The van der Waals surface area contributed by atoms with Crippen molar-refractivity contribution in [1.29, 1.82) is 0 Å². The quantitative estimate of drug-likeness (QED) is 0.372. The lowest BCUT2D eigenvalue weighted by atomic mass is 10.4. The first-order valence-corrected chi connectivity index (χ1v) is 5.58. The van der Waals surface area contributed by atoms with Crippen LogP contribution in [0.3, 0.4) is 0 Å². The van der Waals surface area contributed by atoms with Crippen LogP contribution in [0.25, 0.3) is 0 Å². The molecule has 0 fully saturated rings. The summed E-state index contributed by atoms with van der Waals surface area (Å²) in [5, 5.41) is 15.5. The van der Waals surface area contributed by atoms with E-state index in [1.165, 1.54) is 0 Å². The number of hydrogen-bond acceptors (Lipinski definition) is 6. The Balaban J connectivity index is 2.49. The standard InChI is InChI=1S/C5H9N4O5P/c10-5(11)1-3-6-8-4(9-7-3)2-15(12,13)14/h1-2H2,(H,6,7)(H,8,9)(H,10,11)(H2,12,13,14). The van der Waals surface area contributed by atoms with Gasteiger partial charge < -0.3 is 14.9 Å². The highest BCUT2D eigenvalue weighted by atomic mass is 31.2. The minimum absolute atomic E-state index is 0.0440. The summed E-state index contributed by atoms with van der Waals surface area (Å²) in [5.74, 6) is -1.06. The third kappa shape index (κ3) is 4.54. The van der Waals surface area contributed by atoms with E-state index in [1.54, 1.807) is 0 Å². The van der Waals surface area contributed by atoms with Gasteiger partial charge in [0.25, 0.3) is 0 Å². The van der Waals surface area contributed by atoms with E-state index in [4.69, 9.17) is 14.9 Å². The molecule has 1 heterocycles. The lowest BCUT2D eigenvalue weighted by molar-refractivity contribution is -0.135. The minimum atomic E-state index is -4.20. The second-order valence-corrected chi connectivity index (χ2v) is 4.38. The topological polar surface area (TPSA) is 144 Å². The molecule has 0 aromatic rings. The number of hydrogen-bond donors (Lipinski definition) is 5. The van der Waals surface area contributed by atoms with Crippen LogP contribution in [-0.4, -0.2) is 38.7 Å². The molecule has 0 aliphatic carbocycles. The lowest BCUT2D eigenvalue weighted by Crippen LogP contribution is -2.36. The smallest absolute Gasteiger partial charge is 0.333 e. The van der Waals surface area contributed by atoms with Gasteiger partial charge in [0.1, 0.15) is 12.6 Å². The Kier molecular flexibility index (Phi) is 3.40. The molecular formula is C5H9N4O5P. The van der Waals surface area contributed by atoms with Crippen LogP contribution in [-0.2, 0) is 9.36 Å². The summed E-state index contributed by atoms with van der Waals surface area (Å²) in [6.45, 7) is 0. The molecular weight excluding hydrogens is 227 g/mol. The molecule has 1 rings (SSSR count). The molecule has 0 atom stereocenters. The zero-order valence-electron chi connectivity index (χ0n) is 7.41. The normalized spacial score (nSPS) is 15.9. The predicted molar refractivity (Wildman–Crippen MR) is 50.3 cm³/mol. The third-order valence-electron chi connectivity index (χ3n) is 1.31. The Hall–Kier alpha value is -1.44. The number of carboxylic acids is 1. The van der Waals surface area contributed by atoms with Crippen molar-refractivity contribution in [2.75, 3.05) is 6.16 Å². The summed E-state index contributed by atoms with van der Waals surface area (Å²) < 4.78 is 10.6. The summed E-state index contributed by atoms with van der Waals surface area (Å²) in [6.07, 6.45) is -0.927. The van der Waals surface area contributed by atoms with Gasteiger partial charge in [-0.05, 0) is 0 Å². The Morgan fingerprint density at radius 3 is 2.20 bits per heavy atom. The van der Waals surface area contributed by atoms with Crippen LogP contribution in [0.4, 0.5) is 0 Å². The number of aliphatic carboxylic acids is 1. The lowest BCUT2D eigenvalue weighted by Gasteiger charge is -2.13. The number of amidine groups is 2. The first-order valence-electron chi connectivity index (χ1n) is 3.78. The molecule has 5 N–H and O–H groups in total. The van der Waals surface area contributed by atoms with Crippen molar-refractivity contribution in [3.8, 4) is 0 Å². The molecule has 0 bridgehead atoms. The molecule has 0 aromatic heterocycles. The number of nitrogens with one attached hydrogen (secondary N) is 2. The van der Waals surface area contributed by atoms with Crippen molar-refractivity contribution in [1.82, 2.24) is 10.9 Å². The van der Waals surface area contributed by atoms with Crippen molar-refractivity contribution < 1.29 is 24.3 Å². The van der Waals surface area contributed by atoms with Crippen LogP contribution < -0.4 is 10.9 Å². The molecule has 0 saturated heterocycles. The van der Waals surface area contributed by atoms with E-state index in [2.05, 4.69) is 21.1 Å². The SMILES string of the molecule is O=C(O)CC1=NNC(CP(=O)(O)O)=NN1. The number of carbonyl (C=O) groups is 1. The molecule has 0 amide bonds. The maximum Gasteiger partial charge on any atom is 0.333 e. The Labute approximate surface area is 84.0 Å². The van der Waals surface area contributed by atoms with Crippen LogP contribution in [0, 0.1) is 0 Å². The fourth-order valence-corrected chi connectivity index (χ4v) is 1.33. The molecule has 0 radical (unpaired) electrons. The highest BCUT2D eigenvalue weighted by molar-refractivity contribution is 7.52. The Bertz CT molecular complexity index is 372. The predicted octanol–water partition coefficient (Wildman–Crippen LogP) is -1.54. The molecule has 10 heteroatoms. The molecule has 9 nitrogen and oxygen atoms in total. The van der Waals surface area contributed by atoms with Crippen molar-refractivity contribution in [2.24, 2.45) is 10.2 Å². The third-order valence-corrected chi connectivity index (χ3v) is 2.03. The van der Waals surface area contributed by atoms with E-state index in [0.29, 0.717) is 0 Å². The van der Waals surface area contributed by atoms with Crippen LogP contribution in [0.5, 0.6) is 0 Å². The zero-order valence-corrected chi connectivity index (χ0v) is 8.31. The summed E-state index contributed by atoms with van der Waals surface area (Å²) >= 11 is 0. The summed E-state index contributed by atoms with van der Waals surface area (Å²) in [6, 6.07) is 0. The molecule has 0 saturated carbocycles. The summed E-state index contributed by atoms with van der Waals surface area (Å²) in [5.41, 5.74) is 4.53. The molecule has 15 heavy (non-hydrogen) atoms. The van der Waals surface area contributed by atoms with Gasteiger partial charge in [0, 0.05) is 0 Å². The Morgan fingerprint density at radius 2 is 1.80 bits per heavy atom. The number of rotatable bonds is 4.